The standard InChI is InChI=1S/C11H7ClN2O3/c12-11-7(4-13-15)1-6-2-9-10(17-5-16-9)3-8(6)14-11/h1-4,15H,5H2/b13-4+. The van der Waals surface area contributed by atoms with Gasteiger partial charge in [0.2, 0.25) is 6.79 Å². The predicted molar refractivity (Wildman–Crippen MR) is 62.3 cm³/mol. The van der Waals surface area contributed by atoms with E-state index in [1.54, 1.807) is 12.1 Å². The highest BCUT2D eigenvalue weighted by atomic mass is 35.5. The van der Waals surface area contributed by atoms with Crippen LogP contribution in [0.1, 0.15) is 5.56 Å². The van der Waals surface area contributed by atoms with Gasteiger partial charge < -0.3 is 14.7 Å². The second kappa shape index (κ2) is 3.78. The van der Waals surface area contributed by atoms with Crippen LogP contribution < -0.4 is 9.47 Å². The zero-order valence-electron chi connectivity index (χ0n) is 8.55. The molecule has 0 fully saturated rings. The normalized spacial score (nSPS) is 13.7. The molecular weight excluding hydrogens is 244 g/mol. The lowest BCUT2D eigenvalue weighted by Crippen LogP contribution is -1.92. The van der Waals surface area contributed by atoms with E-state index in [1.807, 2.05) is 6.07 Å². The van der Waals surface area contributed by atoms with E-state index >= 15 is 0 Å². The van der Waals surface area contributed by atoms with Crippen LogP contribution in [-0.4, -0.2) is 23.2 Å². The number of benzene rings is 1. The van der Waals surface area contributed by atoms with Crippen LogP contribution in [0.2, 0.25) is 5.15 Å². The molecule has 0 saturated carbocycles. The molecule has 1 aromatic carbocycles. The quantitative estimate of drug-likeness (QED) is 0.365. The summed E-state index contributed by atoms with van der Waals surface area (Å²) in [6.45, 7) is 0.213. The molecule has 2 aromatic rings. The second-order valence-corrected chi connectivity index (χ2v) is 3.87. The molecule has 1 aliphatic heterocycles. The number of halogens is 1. The van der Waals surface area contributed by atoms with Crippen LogP contribution in [0.15, 0.2) is 23.4 Å². The van der Waals surface area contributed by atoms with E-state index in [0.29, 0.717) is 22.6 Å². The summed E-state index contributed by atoms with van der Waals surface area (Å²) in [6, 6.07) is 5.35. The number of fused-ring (bicyclic) bond motifs is 2. The zero-order chi connectivity index (χ0) is 11.8. The van der Waals surface area contributed by atoms with E-state index in [-0.39, 0.29) is 11.9 Å². The Morgan fingerprint density at radius 1 is 1.29 bits per heavy atom. The van der Waals surface area contributed by atoms with Crippen molar-refractivity contribution in [3.8, 4) is 11.5 Å². The first-order valence-electron chi connectivity index (χ1n) is 4.85. The van der Waals surface area contributed by atoms with Crippen LogP contribution in [-0.2, 0) is 0 Å². The Morgan fingerprint density at radius 2 is 2.06 bits per heavy atom. The van der Waals surface area contributed by atoms with Gasteiger partial charge in [0.25, 0.3) is 0 Å². The van der Waals surface area contributed by atoms with Gasteiger partial charge in [-0.2, -0.15) is 0 Å². The molecule has 0 saturated heterocycles. The first kappa shape index (κ1) is 10.2. The third kappa shape index (κ3) is 1.64. The summed E-state index contributed by atoms with van der Waals surface area (Å²) in [6.07, 6.45) is 1.24. The molecule has 0 unspecified atom stereocenters. The van der Waals surface area contributed by atoms with Gasteiger partial charge in [-0.1, -0.05) is 16.8 Å². The molecule has 0 bridgehead atoms. The Balaban J connectivity index is 2.25. The van der Waals surface area contributed by atoms with Gasteiger partial charge in [-0.05, 0) is 12.1 Å². The Morgan fingerprint density at radius 3 is 2.82 bits per heavy atom. The Kier molecular flexibility index (Phi) is 2.26. The molecule has 0 atom stereocenters. The van der Waals surface area contributed by atoms with Gasteiger partial charge in [-0.3, -0.25) is 0 Å². The maximum atomic E-state index is 8.51. The predicted octanol–water partition coefficient (Wildman–Crippen LogP) is 2.42. The number of hydrogen-bond donors (Lipinski definition) is 1. The molecule has 2 heterocycles. The molecular formula is C11H7ClN2O3. The van der Waals surface area contributed by atoms with E-state index in [0.717, 1.165) is 5.39 Å². The van der Waals surface area contributed by atoms with Gasteiger partial charge in [-0.15, -0.1) is 0 Å². The Hall–Kier alpha value is -2.01. The van der Waals surface area contributed by atoms with Crippen molar-refractivity contribution in [1.82, 2.24) is 4.98 Å². The molecule has 0 aliphatic carbocycles. The van der Waals surface area contributed by atoms with E-state index in [4.69, 9.17) is 26.3 Å². The van der Waals surface area contributed by atoms with Gasteiger partial charge >= 0.3 is 0 Å². The lowest BCUT2D eigenvalue weighted by atomic mass is 10.1. The third-order valence-corrected chi connectivity index (χ3v) is 2.79. The van der Waals surface area contributed by atoms with Gasteiger partial charge in [-0.25, -0.2) is 4.98 Å². The summed E-state index contributed by atoms with van der Waals surface area (Å²) in [7, 11) is 0. The van der Waals surface area contributed by atoms with Crippen LogP contribution >= 0.6 is 11.6 Å². The van der Waals surface area contributed by atoms with Crippen LogP contribution in [0.4, 0.5) is 0 Å². The van der Waals surface area contributed by atoms with Crippen molar-refractivity contribution >= 4 is 28.7 Å². The molecule has 5 nitrogen and oxygen atoms in total. The van der Waals surface area contributed by atoms with Crippen LogP contribution in [0.3, 0.4) is 0 Å². The highest BCUT2D eigenvalue weighted by molar-refractivity contribution is 6.32. The molecule has 0 spiro atoms. The van der Waals surface area contributed by atoms with Crippen molar-refractivity contribution in [3.05, 3.63) is 28.9 Å². The number of nitrogens with zero attached hydrogens (tertiary/aromatic N) is 2. The number of aromatic nitrogens is 1. The number of hydrogen-bond acceptors (Lipinski definition) is 5. The summed E-state index contributed by atoms with van der Waals surface area (Å²) < 4.78 is 10.5. The van der Waals surface area contributed by atoms with Crippen molar-refractivity contribution in [1.29, 1.82) is 0 Å². The fourth-order valence-electron chi connectivity index (χ4n) is 1.71. The minimum Gasteiger partial charge on any atom is -0.454 e. The molecule has 0 radical (unpaired) electrons. The number of rotatable bonds is 1. The Bertz CT molecular complexity index is 628. The van der Waals surface area contributed by atoms with Gasteiger partial charge in [0.15, 0.2) is 11.5 Å². The molecule has 17 heavy (non-hydrogen) atoms. The third-order valence-electron chi connectivity index (χ3n) is 2.49. The van der Waals surface area contributed by atoms with Gasteiger partial charge in [0, 0.05) is 17.0 Å². The highest BCUT2D eigenvalue weighted by Gasteiger charge is 2.15. The summed E-state index contributed by atoms with van der Waals surface area (Å²) >= 11 is 5.95. The van der Waals surface area contributed by atoms with Crippen molar-refractivity contribution in [3.63, 3.8) is 0 Å². The molecule has 6 heteroatoms. The lowest BCUT2D eigenvalue weighted by molar-refractivity contribution is 0.174. The lowest BCUT2D eigenvalue weighted by Gasteiger charge is -2.03. The fourth-order valence-corrected chi connectivity index (χ4v) is 1.90. The first-order valence-corrected chi connectivity index (χ1v) is 5.23. The minimum atomic E-state index is 0.213. The van der Waals surface area contributed by atoms with Crippen molar-refractivity contribution in [2.75, 3.05) is 6.79 Å². The maximum Gasteiger partial charge on any atom is 0.231 e. The van der Waals surface area contributed by atoms with Crippen LogP contribution in [0.25, 0.3) is 10.9 Å². The minimum absolute atomic E-state index is 0.213. The summed E-state index contributed by atoms with van der Waals surface area (Å²) in [5.41, 5.74) is 1.25. The molecule has 1 aromatic heterocycles. The molecule has 1 N–H and O–H groups in total. The second-order valence-electron chi connectivity index (χ2n) is 3.51. The summed E-state index contributed by atoms with van der Waals surface area (Å²) in [5, 5.41) is 12.6. The average molecular weight is 251 g/mol. The fraction of sp³-hybridized carbons (Fsp3) is 0.0909. The Labute approximate surface area is 101 Å². The molecule has 0 amide bonds. The maximum absolute atomic E-state index is 8.51. The van der Waals surface area contributed by atoms with Crippen LogP contribution in [0.5, 0.6) is 11.5 Å². The van der Waals surface area contributed by atoms with Crippen molar-refractivity contribution < 1.29 is 14.7 Å². The highest BCUT2D eigenvalue weighted by Crippen LogP contribution is 2.36. The van der Waals surface area contributed by atoms with Gasteiger partial charge in [0.1, 0.15) is 5.15 Å². The summed E-state index contributed by atoms with van der Waals surface area (Å²) in [4.78, 5) is 4.20. The van der Waals surface area contributed by atoms with Crippen molar-refractivity contribution in [2.45, 2.75) is 0 Å². The zero-order valence-corrected chi connectivity index (χ0v) is 9.31. The summed E-state index contributed by atoms with van der Waals surface area (Å²) in [5.74, 6) is 1.33. The van der Waals surface area contributed by atoms with Crippen molar-refractivity contribution in [2.24, 2.45) is 5.16 Å². The monoisotopic (exact) mass is 250 g/mol. The number of ether oxygens (including phenoxy) is 2. The largest absolute Gasteiger partial charge is 0.454 e. The van der Waals surface area contributed by atoms with Gasteiger partial charge in [0.05, 0.1) is 11.7 Å². The number of pyridine rings is 1. The van der Waals surface area contributed by atoms with E-state index in [1.165, 1.54) is 6.21 Å². The molecule has 3 rings (SSSR count). The first-order chi connectivity index (χ1) is 8.28. The average Bonchev–Trinajstić information content (AvgIpc) is 2.74. The van der Waals surface area contributed by atoms with E-state index in [2.05, 4.69) is 10.1 Å². The van der Waals surface area contributed by atoms with Crippen LogP contribution in [0, 0.1) is 0 Å². The smallest absolute Gasteiger partial charge is 0.231 e. The topological polar surface area (TPSA) is 63.9 Å². The molecule has 86 valence electrons. The SMILES string of the molecule is O/N=C/c1cc2cc3c(cc2nc1Cl)OCO3. The van der Waals surface area contributed by atoms with E-state index in [9.17, 15) is 0 Å². The molecule has 1 aliphatic rings. The number of oxime groups is 1. The van der Waals surface area contributed by atoms with E-state index < -0.39 is 0 Å².